The lowest BCUT2D eigenvalue weighted by molar-refractivity contribution is -0.116. The Morgan fingerprint density at radius 1 is 1.30 bits per heavy atom. The Morgan fingerprint density at radius 2 is 2.07 bits per heavy atom. The van der Waals surface area contributed by atoms with Crippen molar-refractivity contribution >= 4 is 46.4 Å². The Balaban J connectivity index is 1.58. The van der Waals surface area contributed by atoms with E-state index in [-0.39, 0.29) is 28.9 Å². The first-order valence-corrected chi connectivity index (χ1v) is 8.73. The van der Waals surface area contributed by atoms with Gasteiger partial charge in [-0.15, -0.1) is 0 Å². The molecule has 0 spiro atoms. The lowest BCUT2D eigenvalue weighted by Gasteiger charge is -2.15. The maximum absolute atomic E-state index is 12.8. The number of aromatic nitrogens is 4. The summed E-state index contributed by atoms with van der Waals surface area (Å²) in [5.41, 5.74) is 6.74. The summed E-state index contributed by atoms with van der Waals surface area (Å²) in [6, 6.07) is 3.88. The summed E-state index contributed by atoms with van der Waals surface area (Å²) in [5.74, 6) is -1.86. The van der Waals surface area contributed by atoms with Crippen molar-refractivity contribution in [1.82, 2.24) is 19.9 Å². The number of H-pyrrole nitrogens is 1. The van der Waals surface area contributed by atoms with E-state index in [2.05, 4.69) is 25.3 Å². The Labute approximate surface area is 156 Å². The number of anilines is 2. The van der Waals surface area contributed by atoms with Crippen LogP contribution in [0.3, 0.4) is 0 Å². The van der Waals surface area contributed by atoms with Crippen molar-refractivity contribution in [3.05, 3.63) is 30.1 Å². The standard InChI is InChI=1S/C16H14N6O4S/c17-15-21-11-10(18-6-19-11)12(22-15)27-16(3-4-16)14(26)20-7-1-2-9(23)8(5-7)13(24)25/h1-2,5-6,23H,3-4H2,(H,20,26)(H,24,25)(H3,17,18,19,21,22). The third kappa shape index (κ3) is 3.12. The van der Waals surface area contributed by atoms with Crippen molar-refractivity contribution in [3.63, 3.8) is 0 Å². The molecule has 0 bridgehead atoms. The van der Waals surface area contributed by atoms with Gasteiger partial charge in [0.05, 0.1) is 6.33 Å². The fourth-order valence-electron chi connectivity index (χ4n) is 2.60. The number of amides is 1. The van der Waals surface area contributed by atoms with Crippen LogP contribution in [0, 0.1) is 0 Å². The molecule has 1 fully saturated rings. The Bertz CT molecular complexity index is 1080. The van der Waals surface area contributed by atoms with Crippen molar-refractivity contribution in [1.29, 1.82) is 0 Å². The number of nitrogen functional groups attached to an aromatic ring is 1. The fraction of sp³-hybridized carbons (Fsp3) is 0.188. The van der Waals surface area contributed by atoms with Crippen LogP contribution < -0.4 is 11.1 Å². The summed E-state index contributed by atoms with van der Waals surface area (Å²) < 4.78 is -0.736. The smallest absolute Gasteiger partial charge is 0.339 e. The van der Waals surface area contributed by atoms with Gasteiger partial charge >= 0.3 is 5.97 Å². The number of imidazole rings is 1. The predicted octanol–water partition coefficient (Wildman–Crippen LogP) is 1.60. The van der Waals surface area contributed by atoms with Crippen LogP contribution in [0.5, 0.6) is 5.75 Å². The van der Waals surface area contributed by atoms with E-state index in [0.29, 0.717) is 29.0 Å². The number of carboxylic acids is 1. The second-order valence-electron chi connectivity index (χ2n) is 6.08. The molecule has 3 aromatic rings. The zero-order valence-electron chi connectivity index (χ0n) is 13.8. The molecule has 1 amide bonds. The molecule has 6 N–H and O–H groups in total. The molecule has 0 radical (unpaired) electrons. The highest BCUT2D eigenvalue weighted by Crippen LogP contribution is 2.52. The van der Waals surface area contributed by atoms with E-state index in [1.807, 2.05) is 0 Å². The zero-order chi connectivity index (χ0) is 19.2. The third-order valence-corrected chi connectivity index (χ3v) is 5.64. The molecule has 0 saturated heterocycles. The summed E-state index contributed by atoms with van der Waals surface area (Å²) in [5, 5.41) is 21.9. The van der Waals surface area contributed by atoms with Crippen LogP contribution in [-0.2, 0) is 4.79 Å². The molecule has 138 valence electrons. The van der Waals surface area contributed by atoms with E-state index in [1.54, 1.807) is 0 Å². The molecule has 1 aliphatic rings. The third-order valence-electron chi connectivity index (χ3n) is 4.16. The summed E-state index contributed by atoms with van der Waals surface area (Å²) in [4.78, 5) is 39.1. The van der Waals surface area contributed by atoms with E-state index in [0.717, 1.165) is 0 Å². The number of hydrogen-bond donors (Lipinski definition) is 5. The number of nitrogens with two attached hydrogens (primary N) is 1. The van der Waals surface area contributed by atoms with Gasteiger partial charge in [0.1, 0.15) is 26.6 Å². The lowest BCUT2D eigenvalue weighted by atomic mass is 10.1. The van der Waals surface area contributed by atoms with Gasteiger partial charge in [-0.05, 0) is 31.0 Å². The molecule has 0 aliphatic heterocycles. The SMILES string of the molecule is Nc1nc(SC2(C(=O)Nc3ccc(O)c(C(=O)O)c3)CC2)c2[nH]cnc2n1. The largest absolute Gasteiger partial charge is 0.507 e. The minimum Gasteiger partial charge on any atom is -0.507 e. The number of carboxylic acid groups (broad SMARTS) is 1. The van der Waals surface area contributed by atoms with Crippen molar-refractivity contribution in [3.8, 4) is 5.75 Å². The van der Waals surface area contributed by atoms with Crippen LogP contribution in [0.15, 0.2) is 29.6 Å². The number of fused-ring (bicyclic) bond motifs is 1. The van der Waals surface area contributed by atoms with Gasteiger partial charge in [0.15, 0.2) is 5.65 Å². The zero-order valence-corrected chi connectivity index (χ0v) is 14.6. The maximum atomic E-state index is 12.8. The number of hydrogen-bond acceptors (Lipinski definition) is 8. The van der Waals surface area contributed by atoms with Crippen LogP contribution in [0.2, 0.25) is 0 Å². The van der Waals surface area contributed by atoms with Gasteiger partial charge in [0.25, 0.3) is 0 Å². The van der Waals surface area contributed by atoms with E-state index in [9.17, 15) is 14.7 Å². The van der Waals surface area contributed by atoms with Gasteiger partial charge < -0.3 is 26.2 Å². The van der Waals surface area contributed by atoms with Crippen LogP contribution in [-0.4, -0.2) is 46.8 Å². The van der Waals surface area contributed by atoms with Crippen LogP contribution in [0.25, 0.3) is 11.2 Å². The highest BCUT2D eigenvalue weighted by molar-refractivity contribution is 8.01. The normalized spacial score (nSPS) is 14.8. The number of benzene rings is 1. The molecule has 11 heteroatoms. The van der Waals surface area contributed by atoms with Crippen LogP contribution in [0.4, 0.5) is 11.6 Å². The number of aromatic carboxylic acids is 1. The summed E-state index contributed by atoms with van der Waals surface area (Å²) >= 11 is 1.27. The van der Waals surface area contributed by atoms with Gasteiger partial charge in [-0.1, -0.05) is 11.8 Å². The quantitative estimate of drug-likeness (QED) is 0.323. The van der Waals surface area contributed by atoms with Crippen molar-refractivity contribution in [2.24, 2.45) is 0 Å². The highest BCUT2D eigenvalue weighted by atomic mass is 32.2. The molecule has 1 aromatic carbocycles. The molecule has 4 rings (SSSR count). The van der Waals surface area contributed by atoms with Gasteiger partial charge in [-0.25, -0.2) is 14.8 Å². The summed E-state index contributed by atoms with van der Waals surface area (Å²) in [6.45, 7) is 0. The average molecular weight is 386 g/mol. The number of nitrogens with zero attached hydrogens (tertiary/aromatic N) is 3. The number of aromatic hydroxyl groups is 1. The molecule has 10 nitrogen and oxygen atoms in total. The number of carbonyl (C=O) groups excluding carboxylic acids is 1. The molecular formula is C16H14N6O4S. The fourth-order valence-corrected chi connectivity index (χ4v) is 3.81. The number of rotatable bonds is 5. The topological polar surface area (TPSA) is 167 Å². The molecular weight excluding hydrogens is 372 g/mol. The lowest BCUT2D eigenvalue weighted by Crippen LogP contribution is -2.27. The number of nitrogens with one attached hydrogen (secondary N) is 2. The van der Waals surface area contributed by atoms with Crippen molar-refractivity contribution in [2.45, 2.75) is 22.6 Å². The first-order chi connectivity index (χ1) is 12.9. The molecule has 0 atom stereocenters. The Hall–Kier alpha value is -3.34. The second-order valence-corrected chi connectivity index (χ2v) is 7.45. The van der Waals surface area contributed by atoms with Crippen LogP contribution >= 0.6 is 11.8 Å². The first kappa shape index (κ1) is 17.1. The van der Waals surface area contributed by atoms with E-state index in [4.69, 9.17) is 10.8 Å². The molecule has 27 heavy (non-hydrogen) atoms. The number of carbonyl (C=O) groups is 2. The summed E-state index contributed by atoms with van der Waals surface area (Å²) in [7, 11) is 0. The summed E-state index contributed by atoms with van der Waals surface area (Å²) in [6.07, 6.45) is 2.74. The Morgan fingerprint density at radius 3 is 2.78 bits per heavy atom. The average Bonchev–Trinajstić information content (AvgIpc) is 3.24. The minimum absolute atomic E-state index is 0.0675. The van der Waals surface area contributed by atoms with Gasteiger partial charge in [0.2, 0.25) is 11.9 Å². The predicted molar refractivity (Wildman–Crippen MR) is 97.6 cm³/mol. The van der Waals surface area contributed by atoms with E-state index >= 15 is 0 Å². The van der Waals surface area contributed by atoms with E-state index in [1.165, 1.54) is 36.3 Å². The van der Waals surface area contributed by atoms with Gasteiger partial charge in [-0.2, -0.15) is 4.98 Å². The number of phenols is 1. The van der Waals surface area contributed by atoms with Crippen LogP contribution in [0.1, 0.15) is 23.2 Å². The van der Waals surface area contributed by atoms with Crippen molar-refractivity contribution in [2.75, 3.05) is 11.1 Å². The number of thioether (sulfide) groups is 1. The van der Waals surface area contributed by atoms with E-state index < -0.39 is 10.7 Å². The molecule has 1 aliphatic carbocycles. The molecule has 2 aromatic heterocycles. The molecule has 0 unspecified atom stereocenters. The van der Waals surface area contributed by atoms with Gasteiger partial charge in [-0.3, -0.25) is 4.79 Å². The monoisotopic (exact) mass is 386 g/mol. The van der Waals surface area contributed by atoms with Crippen molar-refractivity contribution < 1.29 is 19.8 Å². The second kappa shape index (κ2) is 6.13. The first-order valence-electron chi connectivity index (χ1n) is 7.91. The maximum Gasteiger partial charge on any atom is 0.339 e. The van der Waals surface area contributed by atoms with Gasteiger partial charge in [0, 0.05) is 5.69 Å². The Kier molecular flexibility index (Phi) is 3.88. The highest BCUT2D eigenvalue weighted by Gasteiger charge is 2.51. The number of aromatic amines is 1. The molecule has 1 saturated carbocycles. The molecule has 2 heterocycles. The minimum atomic E-state index is -1.28.